The summed E-state index contributed by atoms with van der Waals surface area (Å²) in [4.78, 5) is 4.32. The second-order valence-corrected chi connectivity index (χ2v) is 7.19. The number of halogens is 1. The zero-order chi connectivity index (χ0) is 16.7. The predicted molar refractivity (Wildman–Crippen MR) is 110 cm³/mol. The van der Waals surface area contributed by atoms with Crippen LogP contribution in [0, 0.1) is 5.41 Å². The highest BCUT2D eigenvalue weighted by Gasteiger charge is 2.19. The van der Waals surface area contributed by atoms with Gasteiger partial charge < -0.3 is 15.2 Å². The lowest BCUT2D eigenvalue weighted by molar-refractivity contribution is 0.318. The highest BCUT2D eigenvalue weighted by atomic mass is 127. The maximum Gasteiger partial charge on any atom is 0.191 e. The Morgan fingerprint density at radius 1 is 1.25 bits per heavy atom. The third-order valence-electron chi connectivity index (χ3n) is 4.52. The van der Waals surface area contributed by atoms with Crippen LogP contribution in [0.2, 0.25) is 0 Å². The van der Waals surface area contributed by atoms with Gasteiger partial charge in [-0.05, 0) is 18.3 Å². The molecule has 2 heterocycles. The molecule has 0 aliphatic carbocycles. The molecule has 1 aliphatic rings. The molecule has 6 nitrogen and oxygen atoms in total. The molecule has 0 radical (unpaired) electrons. The highest BCUT2D eigenvalue weighted by Crippen LogP contribution is 2.22. The Hall–Kier alpha value is -0.860. The van der Waals surface area contributed by atoms with Gasteiger partial charge in [0.05, 0.1) is 6.54 Å². The number of nitrogens with one attached hydrogen (secondary N) is 2. The summed E-state index contributed by atoms with van der Waals surface area (Å²) >= 11 is 0. The zero-order valence-corrected chi connectivity index (χ0v) is 17.9. The first kappa shape index (κ1) is 21.2. The molecule has 0 saturated carbocycles. The number of aromatic nitrogens is 3. The Kier molecular flexibility index (Phi) is 9.01. The number of aryl methyl sites for hydroxylation is 1. The summed E-state index contributed by atoms with van der Waals surface area (Å²) in [7, 11) is 1.81. The molecule has 7 heteroatoms. The number of hydrogen-bond donors (Lipinski definition) is 2. The van der Waals surface area contributed by atoms with Gasteiger partial charge in [-0.3, -0.25) is 4.99 Å². The lowest BCUT2D eigenvalue weighted by Crippen LogP contribution is -2.42. The smallest absolute Gasteiger partial charge is 0.191 e. The van der Waals surface area contributed by atoms with Crippen LogP contribution < -0.4 is 10.6 Å². The van der Waals surface area contributed by atoms with Crippen molar-refractivity contribution in [3.63, 3.8) is 0 Å². The lowest BCUT2D eigenvalue weighted by atomic mass is 9.87. The fourth-order valence-corrected chi connectivity index (χ4v) is 2.99. The van der Waals surface area contributed by atoms with Crippen molar-refractivity contribution in [3.8, 4) is 0 Å². The van der Waals surface area contributed by atoms with Crippen molar-refractivity contribution in [2.24, 2.45) is 10.4 Å². The molecule has 0 saturated heterocycles. The first-order valence-corrected chi connectivity index (χ1v) is 8.91. The van der Waals surface area contributed by atoms with Gasteiger partial charge in [0.25, 0.3) is 0 Å². The van der Waals surface area contributed by atoms with Crippen molar-refractivity contribution in [1.82, 2.24) is 25.4 Å². The first-order valence-electron chi connectivity index (χ1n) is 8.91. The molecule has 0 unspecified atom stereocenters. The number of hydrogen-bond acceptors (Lipinski definition) is 3. The van der Waals surface area contributed by atoms with Gasteiger partial charge in [0.1, 0.15) is 5.82 Å². The summed E-state index contributed by atoms with van der Waals surface area (Å²) in [5.74, 6) is 2.95. The highest BCUT2D eigenvalue weighted by molar-refractivity contribution is 14.0. The Labute approximate surface area is 163 Å². The van der Waals surface area contributed by atoms with Crippen LogP contribution in [-0.4, -0.2) is 34.3 Å². The number of nitrogens with zero attached hydrogens (tertiary/aromatic N) is 4. The Morgan fingerprint density at radius 3 is 2.75 bits per heavy atom. The predicted octanol–water partition coefficient (Wildman–Crippen LogP) is 3.11. The maximum absolute atomic E-state index is 4.32. The van der Waals surface area contributed by atoms with Gasteiger partial charge in [-0.15, -0.1) is 34.2 Å². The number of unbranched alkanes of at least 4 members (excludes halogenated alkanes) is 2. The third kappa shape index (κ3) is 6.22. The largest absolute Gasteiger partial charge is 0.356 e. The van der Waals surface area contributed by atoms with E-state index in [0.29, 0.717) is 6.54 Å². The molecule has 0 bridgehead atoms. The number of fused-ring (bicyclic) bond motifs is 1. The molecule has 1 aliphatic heterocycles. The van der Waals surface area contributed by atoms with Crippen molar-refractivity contribution in [2.45, 2.75) is 72.4 Å². The van der Waals surface area contributed by atoms with E-state index in [1.165, 1.54) is 32.1 Å². The van der Waals surface area contributed by atoms with Gasteiger partial charge in [0, 0.05) is 26.6 Å². The van der Waals surface area contributed by atoms with Gasteiger partial charge in [0.2, 0.25) is 0 Å². The average Bonchev–Trinajstić information content (AvgIpc) is 3.11. The van der Waals surface area contributed by atoms with E-state index < -0.39 is 0 Å². The summed E-state index contributed by atoms with van der Waals surface area (Å²) in [6.07, 6.45) is 7.35. The second-order valence-electron chi connectivity index (χ2n) is 7.19. The lowest BCUT2D eigenvalue weighted by Gasteiger charge is -2.26. The van der Waals surface area contributed by atoms with Crippen LogP contribution >= 0.6 is 24.0 Å². The molecule has 2 N–H and O–H groups in total. The molecule has 138 valence electrons. The van der Waals surface area contributed by atoms with Crippen molar-refractivity contribution in [2.75, 3.05) is 13.6 Å². The summed E-state index contributed by atoms with van der Waals surface area (Å²) in [6, 6.07) is 0. The van der Waals surface area contributed by atoms with Gasteiger partial charge in [-0.25, -0.2) is 0 Å². The fourth-order valence-electron chi connectivity index (χ4n) is 2.99. The van der Waals surface area contributed by atoms with E-state index in [4.69, 9.17) is 0 Å². The fraction of sp³-hybridized carbons (Fsp3) is 0.824. The number of guanidine groups is 1. The Bertz CT molecular complexity index is 523. The molecule has 1 aromatic rings. The zero-order valence-electron chi connectivity index (χ0n) is 15.6. The standard InChI is InChI=1S/C17H32N6.HI/c1-5-6-7-10-17(2,3)13-20-16(18-4)19-12-15-22-21-14-9-8-11-23(14)15;/h5-13H2,1-4H3,(H2,18,19,20);1H. The summed E-state index contributed by atoms with van der Waals surface area (Å²) in [5, 5.41) is 15.3. The molecule has 0 fully saturated rings. The van der Waals surface area contributed by atoms with Crippen molar-refractivity contribution < 1.29 is 0 Å². The maximum atomic E-state index is 4.32. The average molecular weight is 448 g/mol. The minimum atomic E-state index is 0. The minimum absolute atomic E-state index is 0. The van der Waals surface area contributed by atoms with E-state index in [1.54, 1.807) is 0 Å². The van der Waals surface area contributed by atoms with E-state index >= 15 is 0 Å². The quantitative estimate of drug-likeness (QED) is 0.278. The monoisotopic (exact) mass is 448 g/mol. The van der Waals surface area contributed by atoms with Gasteiger partial charge in [0.15, 0.2) is 11.8 Å². The van der Waals surface area contributed by atoms with E-state index in [2.05, 4.69) is 51.2 Å². The molecular weight excluding hydrogens is 415 g/mol. The summed E-state index contributed by atoms with van der Waals surface area (Å²) in [5.41, 5.74) is 0.281. The molecule has 0 amide bonds. The van der Waals surface area contributed by atoms with Crippen LogP contribution in [-0.2, 0) is 19.5 Å². The molecule has 1 aromatic heterocycles. The van der Waals surface area contributed by atoms with E-state index in [1.807, 2.05) is 7.05 Å². The SMILES string of the molecule is CCCCCC(C)(C)CNC(=NC)NCc1nnc2n1CCC2.I. The summed E-state index contributed by atoms with van der Waals surface area (Å²) < 4.78 is 2.22. The Balaban J connectivity index is 0.00000288. The summed E-state index contributed by atoms with van der Waals surface area (Å²) in [6.45, 7) is 9.51. The number of aliphatic imine (C=N–C) groups is 1. The van der Waals surface area contributed by atoms with Gasteiger partial charge in [-0.2, -0.15) is 0 Å². The minimum Gasteiger partial charge on any atom is -0.356 e. The molecular formula is C17H33IN6. The van der Waals surface area contributed by atoms with E-state index in [0.717, 1.165) is 37.1 Å². The second kappa shape index (κ2) is 10.2. The van der Waals surface area contributed by atoms with Gasteiger partial charge in [-0.1, -0.05) is 40.0 Å². The van der Waals surface area contributed by atoms with Crippen LogP contribution in [0.3, 0.4) is 0 Å². The van der Waals surface area contributed by atoms with Crippen LogP contribution in [0.25, 0.3) is 0 Å². The van der Waals surface area contributed by atoms with Gasteiger partial charge >= 0.3 is 0 Å². The molecule has 24 heavy (non-hydrogen) atoms. The van der Waals surface area contributed by atoms with E-state index in [9.17, 15) is 0 Å². The molecule has 0 aromatic carbocycles. The van der Waals surface area contributed by atoms with Crippen LogP contribution in [0.5, 0.6) is 0 Å². The third-order valence-corrected chi connectivity index (χ3v) is 4.52. The van der Waals surface area contributed by atoms with Crippen LogP contribution in [0.1, 0.15) is 64.5 Å². The number of rotatable bonds is 8. The topological polar surface area (TPSA) is 67.1 Å². The van der Waals surface area contributed by atoms with E-state index in [-0.39, 0.29) is 29.4 Å². The van der Waals surface area contributed by atoms with Crippen molar-refractivity contribution in [3.05, 3.63) is 11.6 Å². The van der Waals surface area contributed by atoms with Crippen LogP contribution in [0.15, 0.2) is 4.99 Å². The van der Waals surface area contributed by atoms with Crippen molar-refractivity contribution in [1.29, 1.82) is 0 Å². The van der Waals surface area contributed by atoms with Crippen molar-refractivity contribution >= 4 is 29.9 Å². The first-order chi connectivity index (χ1) is 11.1. The molecule has 2 rings (SSSR count). The molecule has 0 atom stereocenters. The van der Waals surface area contributed by atoms with Crippen LogP contribution in [0.4, 0.5) is 0 Å². The molecule has 0 spiro atoms. The Morgan fingerprint density at radius 2 is 2.04 bits per heavy atom. The normalized spacial score (nSPS) is 14.2.